The first-order chi connectivity index (χ1) is 5.72. The first-order valence-electron chi connectivity index (χ1n) is 3.96. The Labute approximate surface area is 77.6 Å². The quantitative estimate of drug-likeness (QED) is 0.629. The predicted molar refractivity (Wildman–Crippen MR) is 49.3 cm³/mol. The highest BCUT2D eigenvalue weighted by molar-refractivity contribution is 5.97. The first-order valence-corrected chi connectivity index (χ1v) is 3.96. The van der Waals surface area contributed by atoms with E-state index in [9.17, 15) is 9.59 Å². The van der Waals surface area contributed by atoms with E-state index in [2.05, 4.69) is 5.32 Å². The van der Waals surface area contributed by atoms with Gasteiger partial charge in [-0.1, -0.05) is 0 Å². The molecule has 0 bridgehead atoms. The Morgan fingerprint density at radius 2 is 1.77 bits per heavy atom. The smallest absolute Gasteiger partial charge is 0.331 e. The van der Waals surface area contributed by atoms with Crippen molar-refractivity contribution in [3.8, 4) is 0 Å². The number of hydrogen-bond donors (Lipinski definition) is 2. The van der Waals surface area contributed by atoms with Gasteiger partial charge in [-0.15, -0.1) is 0 Å². The lowest BCUT2D eigenvalue weighted by Crippen LogP contribution is -2.39. The van der Waals surface area contributed by atoms with Gasteiger partial charge in [-0.2, -0.15) is 0 Å². The molecule has 0 aromatic heterocycles. The first kappa shape index (κ1) is 11.7. The van der Waals surface area contributed by atoms with Crippen molar-refractivity contribution < 1.29 is 14.7 Å². The zero-order chi connectivity index (χ0) is 10.6. The second-order valence-electron chi connectivity index (χ2n) is 3.87. The molecular weight excluding hydrogens is 170 g/mol. The molecule has 0 spiro atoms. The van der Waals surface area contributed by atoms with Gasteiger partial charge in [0, 0.05) is 17.2 Å². The van der Waals surface area contributed by atoms with Gasteiger partial charge in [0.1, 0.15) is 0 Å². The fourth-order valence-electron chi connectivity index (χ4n) is 0.664. The third-order valence-electron chi connectivity index (χ3n) is 1.18. The SMILES string of the molecule is C/C(=C/C(=O)NC(C)(C)C)C(=O)O. The summed E-state index contributed by atoms with van der Waals surface area (Å²) in [5, 5.41) is 11.1. The van der Waals surface area contributed by atoms with Crippen molar-refractivity contribution in [2.24, 2.45) is 0 Å². The average molecular weight is 185 g/mol. The maximum absolute atomic E-state index is 11.1. The molecule has 0 fully saturated rings. The minimum atomic E-state index is -1.08. The molecule has 74 valence electrons. The van der Waals surface area contributed by atoms with Crippen molar-refractivity contribution in [2.45, 2.75) is 33.2 Å². The Kier molecular flexibility index (Phi) is 3.66. The highest BCUT2D eigenvalue weighted by atomic mass is 16.4. The number of carboxylic acids is 1. The van der Waals surface area contributed by atoms with Crippen molar-refractivity contribution in [1.29, 1.82) is 0 Å². The van der Waals surface area contributed by atoms with E-state index in [-0.39, 0.29) is 17.0 Å². The number of carbonyl (C=O) groups excluding carboxylic acids is 1. The van der Waals surface area contributed by atoms with Gasteiger partial charge in [0.2, 0.25) is 5.91 Å². The third-order valence-corrected chi connectivity index (χ3v) is 1.18. The van der Waals surface area contributed by atoms with Gasteiger partial charge in [-0.25, -0.2) is 4.79 Å². The van der Waals surface area contributed by atoms with E-state index in [0.29, 0.717) is 0 Å². The van der Waals surface area contributed by atoms with Crippen LogP contribution in [0.1, 0.15) is 27.7 Å². The highest BCUT2D eigenvalue weighted by Crippen LogP contribution is 1.99. The monoisotopic (exact) mass is 185 g/mol. The Morgan fingerprint density at radius 3 is 2.08 bits per heavy atom. The third kappa shape index (κ3) is 5.90. The molecule has 13 heavy (non-hydrogen) atoms. The Hall–Kier alpha value is -1.32. The molecule has 0 rings (SSSR count). The standard InChI is InChI=1S/C9H15NO3/c1-6(8(12)13)5-7(11)10-9(2,3)4/h5H,1-4H3,(H,10,11)(H,12,13)/b6-5-. The van der Waals surface area contributed by atoms with Crippen molar-refractivity contribution in [1.82, 2.24) is 5.32 Å². The second kappa shape index (κ2) is 4.07. The van der Waals surface area contributed by atoms with Crippen LogP contribution in [-0.4, -0.2) is 22.5 Å². The van der Waals surface area contributed by atoms with Crippen LogP contribution in [0.2, 0.25) is 0 Å². The lowest BCUT2D eigenvalue weighted by atomic mass is 10.1. The minimum Gasteiger partial charge on any atom is -0.478 e. The predicted octanol–water partition coefficient (Wildman–Crippen LogP) is 0.932. The summed E-state index contributed by atoms with van der Waals surface area (Å²) >= 11 is 0. The average Bonchev–Trinajstić information content (AvgIpc) is 1.81. The van der Waals surface area contributed by atoms with Crippen molar-refractivity contribution >= 4 is 11.9 Å². The van der Waals surface area contributed by atoms with Gasteiger partial charge in [0.25, 0.3) is 0 Å². The minimum absolute atomic E-state index is 0.0294. The van der Waals surface area contributed by atoms with Crippen molar-refractivity contribution in [3.63, 3.8) is 0 Å². The van der Waals surface area contributed by atoms with E-state index in [4.69, 9.17) is 5.11 Å². The second-order valence-corrected chi connectivity index (χ2v) is 3.87. The molecular formula is C9H15NO3. The summed E-state index contributed by atoms with van der Waals surface area (Å²) in [6.07, 6.45) is 1.08. The molecule has 0 aliphatic rings. The number of carboxylic acid groups (broad SMARTS) is 1. The maximum atomic E-state index is 11.1. The Morgan fingerprint density at radius 1 is 1.31 bits per heavy atom. The van der Waals surface area contributed by atoms with Gasteiger partial charge in [0.15, 0.2) is 0 Å². The molecule has 0 unspecified atom stereocenters. The largest absolute Gasteiger partial charge is 0.478 e. The molecule has 2 N–H and O–H groups in total. The number of carbonyl (C=O) groups is 2. The van der Waals surface area contributed by atoms with Gasteiger partial charge >= 0.3 is 5.97 Å². The zero-order valence-electron chi connectivity index (χ0n) is 8.34. The zero-order valence-corrected chi connectivity index (χ0v) is 8.34. The van der Waals surface area contributed by atoms with Crippen LogP contribution in [0.3, 0.4) is 0 Å². The molecule has 1 amide bonds. The van der Waals surface area contributed by atoms with Gasteiger partial charge in [-0.05, 0) is 27.7 Å². The van der Waals surface area contributed by atoms with Crippen LogP contribution in [0.4, 0.5) is 0 Å². The Bertz CT molecular complexity index is 248. The molecule has 0 aromatic carbocycles. The fourth-order valence-corrected chi connectivity index (χ4v) is 0.664. The molecule has 0 saturated carbocycles. The summed E-state index contributed by atoms with van der Waals surface area (Å²) in [6, 6.07) is 0. The summed E-state index contributed by atoms with van der Waals surface area (Å²) in [6.45, 7) is 6.86. The molecule has 0 saturated heterocycles. The fraction of sp³-hybridized carbons (Fsp3) is 0.556. The summed E-state index contributed by atoms with van der Waals surface area (Å²) in [5.41, 5.74) is -0.312. The van der Waals surface area contributed by atoms with E-state index >= 15 is 0 Å². The number of rotatable bonds is 2. The molecule has 4 nitrogen and oxygen atoms in total. The van der Waals surface area contributed by atoms with Crippen molar-refractivity contribution in [2.75, 3.05) is 0 Å². The number of amides is 1. The summed E-state index contributed by atoms with van der Waals surface area (Å²) in [7, 11) is 0. The molecule has 0 aromatic rings. The molecule has 0 radical (unpaired) electrons. The lowest BCUT2D eigenvalue weighted by molar-refractivity contribution is -0.133. The summed E-state index contributed by atoms with van der Waals surface area (Å²) < 4.78 is 0. The van der Waals surface area contributed by atoms with Crippen LogP contribution in [0, 0.1) is 0 Å². The van der Waals surface area contributed by atoms with E-state index in [0.717, 1.165) is 6.08 Å². The van der Waals surface area contributed by atoms with E-state index in [1.165, 1.54) is 6.92 Å². The van der Waals surface area contributed by atoms with E-state index < -0.39 is 5.97 Å². The van der Waals surface area contributed by atoms with Crippen LogP contribution < -0.4 is 5.32 Å². The van der Waals surface area contributed by atoms with E-state index in [1.807, 2.05) is 20.8 Å². The molecule has 0 aliphatic heterocycles. The van der Waals surface area contributed by atoms with Crippen LogP contribution in [0.5, 0.6) is 0 Å². The van der Waals surface area contributed by atoms with Gasteiger partial charge < -0.3 is 10.4 Å². The van der Waals surface area contributed by atoms with Crippen molar-refractivity contribution in [3.05, 3.63) is 11.6 Å². The molecule has 0 aliphatic carbocycles. The molecule has 0 heterocycles. The lowest BCUT2D eigenvalue weighted by Gasteiger charge is -2.19. The summed E-state index contributed by atoms with van der Waals surface area (Å²) in [4.78, 5) is 21.5. The van der Waals surface area contributed by atoms with Crippen LogP contribution in [-0.2, 0) is 9.59 Å². The van der Waals surface area contributed by atoms with E-state index in [1.54, 1.807) is 0 Å². The number of nitrogens with one attached hydrogen (secondary N) is 1. The van der Waals surface area contributed by atoms with Gasteiger partial charge in [0.05, 0.1) is 0 Å². The van der Waals surface area contributed by atoms with Crippen LogP contribution >= 0.6 is 0 Å². The topological polar surface area (TPSA) is 66.4 Å². The summed E-state index contributed by atoms with van der Waals surface area (Å²) in [5.74, 6) is -1.46. The van der Waals surface area contributed by atoms with Crippen LogP contribution in [0.15, 0.2) is 11.6 Å². The normalized spacial score (nSPS) is 12.5. The van der Waals surface area contributed by atoms with Gasteiger partial charge in [-0.3, -0.25) is 4.79 Å². The number of hydrogen-bond acceptors (Lipinski definition) is 2. The highest BCUT2D eigenvalue weighted by Gasteiger charge is 2.12. The molecule has 0 atom stereocenters. The molecule has 4 heteroatoms. The number of aliphatic carboxylic acids is 1. The maximum Gasteiger partial charge on any atom is 0.331 e. The van der Waals surface area contributed by atoms with Crippen LogP contribution in [0.25, 0.3) is 0 Å². The Balaban J connectivity index is 4.32.